The zero-order chi connectivity index (χ0) is 23.3. The molecule has 5 heteroatoms. The van der Waals surface area contributed by atoms with Crippen LogP contribution in [0.25, 0.3) is 0 Å². The smallest absolute Gasteiger partial charge is 0.265 e. The van der Waals surface area contributed by atoms with E-state index in [9.17, 15) is 9.59 Å². The van der Waals surface area contributed by atoms with Crippen LogP contribution in [0.1, 0.15) is 49.2 Å². The number of ether oxygens (including phenoxy) is 1. The molecule has 0 saturated heterocycles. The Bertz CT molecular complexity index is 1100. The van der Waals surface area contributed by atoms with Crippen LogP contribution in [0.3, 0.4) is 0 Å². The van der Waals surface area contributed by atoms with Crippen molar-refractivity contribution in [3.05, 3.63) is 89.5 Å². The Labute approximate surface area is 189 Å². The van der Waals surface area contributed by atoms with Crippen molar-refractivity contribution < 1.29 is 14.3 Å². The van der Waals surface area contributed by atoms with Crippen molar-refractivity contribution in [1.82, 2.24) is 0 Å². The van der Waals surface area contributed by atoms with Crippen LogP contribution in [0.5, 0.6) is 5.75 Å². The van der Waals surface area contributed by atoms with Gasteiger partial charge in [-0.05, 0) is 72.9 Å². The fourth-order valence-electron chi connectivity index (χ4n) is 3.19. The Balaban J connectivity index is 1.62. The van der Waals surface area contributed by atoms with Crippen LogP contribution >= 0.6 is 0 Å². The highest BCUT2D eigenvalue weighted by Gasteiger charge is 2.16. The number of aryl methyl sites for hydroxylation is 1. The maximum absolute atomic E-state index is 12.6. The lowest BCUT2D eigenvalue weighted by atomic mass is 9.87. The van der Waals surface area contributed by atoms with Crippen LogP contribution in [-0.2, 0) is 10.2 Å². The Kier molecular flexibility index (Phi) is 6.98. The maximum atomic E-state index is 12.6. The first-order valence-corrected chi connectivity index (χ1v) is 10.7. The molecular formula is C27H30N2O3. The first kappa shape index (κ1) is 23.1. The molecule has 32 heavy (non-hydrogen) atoms. The summed E-state index contributed by atoms with van der Waals surface area (Å²) in [5.41, 5.74) is 4.01. The van der Waals surface area contributed by atoms with E-state index >= 15 is 0 Å². The van der Waals surface area contributed by atoms with Gasteiger partial charge < -0.3 is 15.4 Å². The van der Waals surface area contributed by atoms with Gasteiger partial charge in [0.1, 0.15) is 5.75 Å². The minimum Gasteiger partial charge on any atom is -0.481 e. The van der Waals surface area contributed by atoms with E-state index in [1.165, 1.54) is 5.56 Å². The molecule has 166 valence electrons. The molecule has 2 amide bonds. The average molecular weight is 431 g/mol. The second kappa shape index (κ2) is 9.69. The first-order chi connectivity index (χ1) is 15.1. The second-order valence-electron chi connectivity index (χ2n) is 8.93. The van der Waals surface area contributed by atoms with E-state index in [1.54, 1.807) is 31.2 Å². The molecule has 0 aliphatic heterocycles. The van der Waals surface area contributed by atoms with Gasteiger partial charge in [-0.1, -0.05) is 51.1 Å². The van der Waals surface area contributed by atoms with Gasteiger partial charge in [-0.3, -0.25) is 9.59 Å². The second-order valence-corrected chi connectivity index (χ2v) is 8.93. The van der Waals surface area contributed by atoms with Crippen molar-refractivity contribution in [3.63, 3.8) is 0 Å². The number of nitrogens with one attached hydrogen (secondary N) is 2. The van der Waals surface area contributed by atoms with Gasteiger partial charge in [0.25, 0.3) is 11.8 Å². The summed E-state index contributed by atoms with van der Waals surface area (Å²) in [4.78, 5) is 25.2. The van der Waals surface area contributed by atoms with E-state index in [2.05, 4.69) is 31.4 Å². The zero-order valence-electron chi connectivity index (χ0n) is 19.2. The third kappa shape index (κ3) is 6.20. The molecule has 3 rings (SSSR count). The SMILES string of the molecule is Cc1cccc(O[C@@H](C)C(=O)Nc2cccc(NC(=O)c3ccc(C(C)(C)C)cc3)c2)c1. The van der Waals surface area contributed by atoms with Gasteiger partial charge in [0, 0.05) is 16.9 Å². The van der Waals surface area contributed by atoms with Crippen molar-refractivity contribution in [2.45, 2.75) is 46.1 Å². The molecule has 0 aliphatic carbocycles. The van der Waals surface area contributed by atoms with Crippen LogP contribution in [0.2, 0.25) is 0 Å². The minimum absolute atomic E-state index is 0.0295. The van der Waals surface area contributed by atoms with E-state index in [0.29, 0.717) is 22.7 Å². The predicted octanol–water partition coefficient (Wildman–Crippen LogP) is 5.95. The van der Waals surface area contributed by atoms with Crippen molar-refractivity contribution >= 4 is 23.2 Å². The molecular weight excluding hydrogens is 400 g/mol. The highest BCUT2D eigenvalue weighted by Crippen LogP contribution is 2.23. The number of benzene rings is 3. The van der Waals surface area contributed by atoms with Crippen molar-refractivity contribution in [2.75, 3.05) is 10.6 Å². The highest BCUT2D eigenvalue weighted by molar-refractivity contribution is 6.04. The summed E-state index contributed by atoms with van der Waals surface area (Å²) in [5, 5.41) is 5.72. The van der Waals surface area contributed by atoms with Crippen LogP contribution in [-0.4, -0.2) is 17.9 Å². The maximum Gasteiger partial charge on any atom is 0.265 e. The van der Waals surface area contributed by atoms with Gasteiger partial charge in [0.05, 0.1) is 0 Å². The summed E-state index contributed by atoms with van der Waals surface area (Å²) in [6, 6.07) is 22.2. The fourth-order valence-corrected chi connectivity index (χ4v) is 3.19. The molecule has 0 bridgehead atoms. The molecule has 5 nitrogen and oxygen atoms in total. The molecule has 1 atom stereocenters. The number of rotatable bonds is 6. The number of carbonyl (C=O) groups excluding carboxylic acids is 2. The van der Waals surface area contributed by atoms with Crippen LogP contribution in [0.4, 0.5) is 11.4 Å². The Hall–Kier alpha value is -3.60. The molecule has 2 N–H and O–H groups in total. The van der Waals surface area contributed by atoms with Crippen LogP contribution in [0, 0.1) is 6.92 Å². The monoisotopic (exact) mass is 430 g/mol. The molecule has 3 aromatic carbocycles. The molecule has 0 saturated carbocycles. The van der Waals surface area contributed by atoms with Gasteiger partial charge in [-0.25, -0.2) is 0 Å². The topological polar surface area (TPSA) is 67.4 Å². The Morgan fingerprint density at radius 2 is 1.47 bits per heavy atom. The lowest BCUT2D eigenvalue weighted by molar-refractivity contribution is -0.122. The number of hydrogen-bond donors (Lipinski definition) is 2. The third-order valence-electron chi connectivity index (χ3n) is 5.07. The van der Waals surface area contributed by atoms with Crippen LogP contribution in [0.15, 0.2) is 72.8 Å². The fraction of sp³-hybridized carbons (Fsp3) is 0.259. The van der Waals surface area contributed by atoms with E-state index in [0.717, 1.165) is 5.56 Å². The lowest BCUT2D eigenvalue weighted by Crippen LogP contribution is -2.30. The Morgan fingerprint density at radius 1 is 0.844 bits per heavy atom. The summed E-state index contributed by atoms with van der Waals surface area (Å²) in [6.45, 7) is 10.1. The first-order valence-electron chi connectivity index (χ1n) is 10.7. The summed E-state index contributed by atoms with van der Waals surface area (Å²) < 4.78 is 5.73. The van der Waals surface area contributed by atoms with Gasteiger partial charge in [0.15, 0.2) is 6.10 Å². The number of carbonyl (C=O) groups is 2. The lowest BCUT2D eigenvalue weighted by Gasteiger charge is -2.19. The number of anilines is 2. The quantitative estimate of drug-likeness (QED) is 0.508. The van der Waals surface area contributed by atoms with E-state index < -0.39 is 6.10 Å². The summed E-state index contributed by atoms with van der Waals surface area (Å²) in [6.07, 6.45) is -0.670. The normalized spacial score (nSPS) is 12.0. The van der Waals surface area contributed by atoms with E-state index in [4.69, 9.17) is 4.74 Å². The van der Waals surface area contributed by atoms with Gasteiger partial charge >= 0.3 is 0 Å². The molecule has 0 radical (unpaired) electrons. The van der Waals surface area contributed by atoms with Crippen molar-refractivity contribution in [2.24, 2.45) is 0 Å². The minimum atomic E-state index is -0.670. The third-order valence-corrected chi connectivity index (χ3v) is 5.07. The zero-order valence-corrected chi connectivity index (χ0v) is 19.2. The highest BCUT2D eigenvalue weighted by atomic mass is 16.5. The molecule has 0 unspecified atom stereocenters. The van der Waals surface area contributed by atoms with Crippen LogP contribution < -0.4 is 15.4 Å². The molecule has 3 aromatic rings. The summed E-state index contributed by atoms with van der Waals surface area (Å²) >= 11 is 0. The van der Waals surface area contributed by atoms with Crippen molar-refractivity contribution in [3.8, 4) is 5.75 Å². The molecule has 0 spiro atoms. The largest absolute Gasteiger partial charge is 0.481 e. The van der Waals surface area contributed by atoms with Gasteiger partial charge in [-0.15, -0.1) is 0 Å². The van der Waals surface area contributed by atoms with Gasteiger partial charge in [0.2, 0.25) is 0 Å². The Morgan fingerprint density at radius 3 is 2.09 bits per heavy atom. The molecule has 0 aliphatic rings. The summed E-state index contributed by atoms with van der Waals surface area (Å²) in [7, 11) is 0. The molecule has 0 aromatic heterocycles. The molecule has 0 heterocycles. The van der Waals surface area contributed by atoms with Crippen molar-refractivity contribution in [1.29, 1.82) is 0 Å². The summed E-state index contributed by atoms with van der Waals surface area (Å²) in [5.74, 6) is 0.170. The molecule has 0 fully saturated rings. The average Bonchev–Trinajstić information content (AvgIpc) is 2.73. The standard InChI is InChI=1S/C27H30N2O3/c1-18-8-6-11-24(16-18)32-19(2)25(30)28-22-9-7-10-23(17-22)29-26(31)20-12-14-21(15-13-20)27(3,4)5/h6-17,19H,1-5H3,(H,28,30)(H,29,31)/t19-/m0/s1. The number of amides is 2. The number of hydrogen-bond acceptors (Lipinski definition) is 3. The van der Waals surface area contributed by atoms with E-state index in [1.807, 2.05) is 55.5 Å². The van der Waals surface area contributed by atoms with Gasteiger partial charge in [-0.2, -0.15) is 0 Å². The van der Waals surface area contributed by atoms with E-state index in [-0.39, 0.29) is 17.2 Å². The predicted molar refractivity (Wildman–Crippen MR) is 129 cm³/mol.